The molecule has 130 valence electrons. The van der Waals surface area contributed by atoms with Crippen LogP contribution in [0.4, 0.5) is 0 Å². The largest absolute Gasteiger partial charge is 0.479 e. The van der Waals surface area contributed by atoms with Gasteiger partial charge in [-0.05, 0) is 32.0 Å². The van der Waals surface area contributed by atoms with Gasteiger partial charge in [-0.25, -0.2) is 4.79 Å². The Labute approximate surface area is 144 Å². The SMILES string of the molecule is CC1(C)Oc2ccc3ccc(=O)oc3c2/C(=C\N2CCOCC2)C1=O. The lowest BCUT2D eigenvalue weighted by Crippen LogP contribution is -2.43. The third-order valence-corrected chi connectivity index (χ3v) is 4.53. The lowest BCUT2D eigenvalue weighted by molar-refractivity contribution is -0.126. The highest BCUT2D eigenvalue weighted by Gasteiger charge is 2.40. The van der Waals surface area contributed by atoms with Gasteiger partial charge in [-0.15, -0.1) is 0 Å². The van der Waals surface area contributed by atoms with E-state index in [0.717, 1.165) is 5.39 Å². The third kappa shape index (κ3) is 2.72. The van der Waals surface area contributed by atoms with Crippen molar-refractivity contribution in [1.82, 2.24) is 4.90 Å². The third-order valence-electron chi connectivity index (χ3n) is 4.53. The molecular weight excluding hydrogens is 322 g/mol. The molecule has 0 bridgehead atoms. The Morgan fingerprint density at radius 2 is 1.80 bits per heavy atom. The summed E-state index contributed by atoms with van der Waals surface area (Å²) in [4.78, 5) is 26.8. The summed E-state index contributed by atoms with van der Waals surface area (Å²) in [5.74, 6) is 0.413. The molecule has 25 heavy (non-hydrogen) atoms. The van der Waals surface area contributed by atoms with Crippen molar-refractivity contribution in [2.75, 3.05) is 26.3 Å². The number of carbonyl (C=O) groups is 1. The van der Waals surface area contributed by atoms with E-state index in [1.807, 2.05) is 18.3 Å². The molecule has 0 radical (unpaired) electrons. The minimum absolute atomic E-state index is 0.134. The number of rotatable bonds is 1. The lowest BCUT2D eigenvalue weighted by atomic mass is 9.87. The molecule has 1 saturated heterocycles. The van der Waals surface area contributed by atoms with Crippen molar-refractivity contribution in [3.63, 3.8) is 0 Å². The number of benzene rings is 1. The van der Waals surface area contributed by atoms with Gasteiger partial charge >= 0.3 is 5.63 Å². The van der Waals surface area contributed by atoms with Crippen molar-refractivity contribution >= 4 is 22.3 Å². The Hall–Kier alpha value is -2.60. The van der Waals surface area contributed by atoms with Gasteiger partial charge in [0.05, 0.1) is 24.4 Å². The van der Waals surface area contributed by atoms with Crippen LogP contribution in [0.3, 0.4) is 0 Å². The van der Waals surface area contributed by atoms with Gasteiger partial charge in [0.2, 0.25) is 5.78 Å². The van der Waals surface area contributed by atoms with Crippen LogP contribution in [0.5, 0.6) is 5.75 Å². The average Bonchev–Trinajstić information content (AvgIpc) is 2.59. The molecule has 0 spiro atoms. The van der Waals surface area contributed by atoms with Crippen LogP contribution in [0.25, 0.3) is 16.5 Å². The second kappa shape index (κ2) is 5.74. The van der Waals surface area contributed by atoms with Gasteiger partial charge in [0, 0.05) is 30.7 Å². The van der Waals surface area contributed by atoms with Gasteiger partial charge in [0.25, 0.3) is 0 Å². The summed E-state index contributed by atoms with van der Waals surface area (Å²) < 4.78 is 16.7. The Bertz CT molecular complexity index is 934. The van der Waals surface area contributed by atoms with Crippen LogP contribution in [-0.2, 0) is 9.53 Å². The van der Waals surface area contributed by atoms with Crippen molar-refractivity contribution in [2.24, 2.45) is 0 Å². The number of nitrogens with zero attached hydrogens (tertiary/aromatic N) is 1. The summed E-state index contributed by atoms with van der Waals surface area (Å²) in [6.45, 7) is 6.16. The minimum Gasteiger partial charge on any atom is -0.479 e. The molecule has 0 amide bonds. The van der Waals surface area contributed by atoms with E-state index in [9.17, 15) is 9.59 Å². The summed E-state index contributed by atoms with van der Waals surface area (Å²) in [6, 6.07) is 6.71. The van der Waals surface area contributed by atoms with E-state index in [1.165, 1.54) is 6.07 Å². The summed E-state index contributed by atoms with van der Waals surface area (Å²) in [5, 5.41) is 0.752. The molecule has 2 aromatic rings. The molecular formula is C19H19NO5. The van der Waals surface area contributed by atoms with E-state index in [4.69, 9.17) is 13.9 Å². The maximum atomic E-state index is 13.0. The fourth-order valence-electron chi connectivity index (χ4n) is 3.23. The van der Waals surface area contributed by atoms with E-state index in [0.29, 0.717) is 48.8 Å². The molecule has 0 unspecified atom stereocenters. The molecule has 2 aliphatic heterocycles. The Morgan fingerprint density at radius 1 is 1.08 bits per heavy atom. The molecule has 0 saturated carbocycles. The van der Waals surface area contributed by atoms with Crippen LogP contribution in [0.2, 0.25) is 0 Å². The van der Waals surface area contributed by atoms with Gasteiger partial charge in [0.1, 0.15) is 11.3 Å². The predicted molar refractivity (Wildman–Crippen MR) is 92.6 cm³/mol. The number of hydrogen-bond acceptors (Lipinski definition) is 6. The first-order valence-corrected chi connectivity index (χ1v) is 8.30. The van der Waals surface area contributed by atoms with Crippen LogP contribution in [0, 0.1) is 0 Å². The number of Topliss-reactive ketones (excluding diaryl/α,β-unsaturated/α-hetero) is 1. The van der Waals surface area contributed by atoms with Gasteiger partial charge in [-0.2, -0.15) is 0 Å². The van der Waals surface area contributed by atoms with Crippen molar-refractivity contribution < 1.29 is 18.7 Å². The molecule has 2 aliphatic rings. The van der Waals surface area contributed by atoms with Gasteiger partial charge in [0.15, 0.2) is 5.60 Å². The molecule has 0 N–H and O–H groups in total. The molecule has 0 aliphatic carbocycles. The predicted octanol–water partition coefficient (Wildman–Crippen LogP) is 2.21. The second-order valence-corrected chi connectivity index (χ2v) is 6.74. The smallest absolute Gasteiger partial charge is 0.336 e. The van der Waals surface area contributed by atoms with Crippen LogP contribution < -0.4 is 10.4 Å². The number of ketones is 1. The van der Waals surface area contributed by atoms with Crippen molar-refractivity contribution in [3.8, 4) is 5.75 Å². The maximum absolute atomic E-state index is 13.0. The first kappa shape index (κ1) is 15.9. The summed E-state index contributed by atoms with van der Waals surface area (Å²) in [6.07, 6.45) is 1.85. The molecule has 1 aromatic heterocycles. The molecule has 6 nitrogen and oxygen atoms in total. The van der Waals surface area contributed by atoms with Crippen molar-refractivity contribution in [3.05, 3.63) is 46.4 Å². The molecule has 1 aromatic carbocycles. The number of hydrogen-bond donors (Lipinski definition) is 0. The standard InChI is InChI=1S/C19H19NO5/c1-19(2)18(22)13(11-20-7-9-23-10-8-20)16-14(25-19)5-3-12-4-6-15(21)24-17(12)16/h3-6,11H,7-10H2,1-2H3/b13-11+. The van der Waals surface area contributed by atoms with E-state index in [1.54, 1.807) is 19.9 Å². The zero-order chi connectivity index (χ0) is 17.6. The quantitative estimate of drug-likeness (QED) is 0.585. The second-order valence-electron chi connectivity index (χ2n) is 6.74. The molecule has 6 heteroatoms. The topological polar surface area (TPSA) is 69.0 Å². The van der Waals surface area contributed by atoms with Gasteiger partial charge < -0.3 is 18.8 Å². The zero-order valence-corrected chi connectivity index (χ0v) is 14.2. The Balaban J connectivity index is 1.96. The van der Waals surface area contributed by atoms with Gasteiger partial charge in [-0.1, -0.05) is 0 Å². The van der Waals surface area contributed by atoms with E-state index < -0.39 is 11.2 Å². The molecule has 0 atom stereocenters. The number of fused-ring (bicyclic) bond motifs is 3. The summed E-state index contributed by atoms with van der Waals surface area (Å²) in [7, 11) is 0. The van der Waals surface area contributed by atoms with Crippen LogP contribution >= 0.6 is 0 Å². The van der Waals surface area contributed by atoms with Crippen molar-refractivity contribution in [2.45, 2.75) is 19.4 Å². The average molecular weight is 341 g/mol. The first-order chi connectivity index (χ1) is 12.0. The van der Waals surface area contributed by atoms with Crippen LogP contribution in [-0.4, -0.2) is 42.6 Å². The summed E-state index contributed by atoms with van der Waals surface area (Å²) in [5.41, 5.74) is 0.00446. The monoisotopic (exact) mass is 341 g/mol. The zero-order valence-electron chi connectivity index (χ0n) is 14.2. The fraction of sp³-hybridized carbons (Fsp3) is 0.368. The van der Waals surface area contributed by atoms with E-state index in [2.05, 4.69) is 4.90 Å². The minimum atomic E-state index is -0.978. The van der Waals surface area contributed by atoms with Crippen LogP contribution in [0.15, 0.2) is 39.7 Å². The highest BCUT2D eigenvalue weighted by molar-refractivity contribution is 6.28. The van der Waals surface area contributed by atoms with E-state index >= 15 is 0 Å². The first-order valence-electron chi connectivity index (χ1n) is 8.30. The number of ether oxygens (including phenoxy) is 2. The number of morpholine rings is 1. The van der Waals surface area contributed by atoms with E-state index in [-0.39, 0.29) is 5.78 Å². The molecule has 1 fully saturated rings. The van der Waals surface area contributed by atoms with Crippen LogP contribution in [0.1, 0.15) is 19.4 Å². The number of carbonyl (C=O) groups excluding carboxylic acids is 1. The van der Waals surface area contributed by atoms with Crippen molar-refractivity contribution in [1.29, 1.82) is 0 Å². The lowest BCUT2D eigenvalue weighted by Gasteiger charge is -2.34. The highest BCUT2D eigenvalue weighted by atomic mass is 16.5. The normalized spacial score (nSPS) is 21.3. The Morgan fingerprint density at radius 3 is 2.56 bits per heavy atom. The maximum Gasteiger partial charge on any atom is 0.336 e. The molecule has 3 heterocycles. The summed E-state index contributed by atoms with van der Waals surface area (Å²) >= 11 is 0. The fourth-order valence-corrected chi connectivity index (χ4v) is 3.23. The molecule has 4 rings (SSSR count). The van der Waals surface area contributed by atoms with Gasteiger partial charge in [-0.3, -0.25) is 4.79 Å². The Kier molecular flexibility index (Phi) is 3.65. The highest BCUT2D eigenvalue weighted by Crippen LogP contribution is 2.41.